The highest BCUT2D eigenvalue weighted by molar-refractivity contribution is 6.33. The number of hydrogen-bond donors (Lipinski definition) is 1. The van der Waals surface area contributed by atoms with Gasteiger partial charge in [0.15, 0.2) is 0 Å². The second-order valence-corrected chi connectivity index (χ2v) is 5.46. The largest absolute Gasteiger partial charge is 0.306 e. The molecule has 0 aliphatic rings. The first kappa shape index (κ1) is 16.4. The quantitative estimate of drug-likeness (QED) is 0.755. The molecule has 0 amide bonds. The molecule has 0 radical (unpaired) electrons. The highest BCUT2D eigenvalue weighted by Crippen LogP contribution is 2.12. The van der Waals surface area contributed by atoms with Gasteiger partial charge in [0.1, 0.15) is 0 Å². The lowest BCUT2D eigenvalue weighted by molar-refractivity contribution is 1.17. The fourth-order valence-corrected chi connectivity index (χ4v) is 2.00. The van der Waals surface area contributed by atoms with E-state index in [4.69, 9.17) is 28.6 Å². The predicted octanol–water partition coefficient (Wildman–Crippen LogP) is 4.55. The van der Waals surface area contributed by atoms with Gasteiger partial charge < -0.3 is 5.41 Å². The molecular formula is C17H15Cl2N3. The number of aliphatic imine (C=N–C) groups is 2. The van der Waals surface area contributed by atoms with Gasteiger partial charge in [0.2, 0.25) is 0 Å². The summed E-state index contributed by atoms with van der Waals surface area (Å²) in [5.74, 6) is 0. The van der Waals surface area contributed by atoms with Crippen molar-refractivity contribution in [1.29, 1.82) is 5.41 Å². The average Bonchev–Trinajstić information content (AvgIpc) is 2.51. The van der Waals surface area contributed by atoms with Gasteiger partial charge in [0.25, 0.3) is 0 Å². The summed E-state index contributed by atoms with van der Waals surface area (Å²) in [6, 6.07) is 14.8. The summed E-state index contributed by atoms with van der Waals surface area (Å²) in [7, 11) is 0. The van der Waals surface area contributed by atoms with Crippen molar-refractivity contribution in [2.24, 2.45) is 9.98 Å². The smallest absolute Gasteiger partial charge is 0.0784 e. The highest BCUT2D eigenvalue weighted by atomic mass is 35.5. The molecule has 2 aromatic rings. The fourth-order valence-electron chi connectivity index (χ4n) is 1.69. The third kappa shape index (κ3) is 5.43. The number of halogens is 2. The van der Waals surface area contributed by atoms with Crippen LogP contribution in [0.5, 0.6) is 0 Å². The van der Waals surface area contributed by atoms with E-state index in [9.17, 15) is 0 Å². The Bertz CT molecular complexity index is 691. The minimum atomic E-state index is 0.309. The Morgan fingerprint density at radius 2 is 1.55 bits per heavy atom. The Balaban J connectivity index is 1.81. The lowest BCUT2D eigenvalue weighted by Crippen LogP contribution is -2.06. The Morgan fingerprint density at radius 3 is 2.23 bits per heavy atom. The Morgan fingerprint density at radius 1 is 0.909 bits per heavy atom. The molecule has 22 heavy (non-hydrogen) atoms. The zero-order valence-electron chi connectivity index (χ0n) is 11.8. The molecule has 0 unspecified atom stereocenters. The zero-order valence-corrected chi connectivity index (χ0v) is 13.3. The van der Waals surface area contributed by atoms with Gasteiger partial charge in [-0.2, -0.15) is 0 Å². The van der Waals surface area contributed by atoms with Gasteiger partial charge in [-0.05, 0) is 23.8 Å². The number of benzene rings is 2. The normalized spacial score (nSPS) is 11.4. The van der Waals surface area contributed by atoms with Crippen LogP contribution >= 0.6 is 23.2 Å². The molecule has 0 atom stereocenters. The number of hydrogen-bond acceptors (Lipinski definition) is 3. The lowest BCUT2D eigenvalue weighted by atomic mass is 10.2. The van der Waals surface area contributed by atoms with Gasteiger partial charge in [-0.25, -0.2) is 0 Å². The molecule has 0 bridgehead atoms. The first-order valence-electron chi connectivity index (χ1n) is 6.71. The maximum absolute atomic E-state index is 7.83. The lowest BCUT2D eigenvalue weighted by Gasteiger charge is -1.98. The molecule has 5 heteroatoms. The summed E-state index contributed by atoms with van der Waals surface area (Å²) in [5, 5.41) is 9.17. The average molecular weight is 332 g/mol. The van der Waals surface area contributed by atoms with Crippen molar-refractivity contribution in [2.75, 3.05) is 13.1 Å². The van der Waals surface area contributed by atoms with Gasteiger partial charge in [0, 0.05) is 28.0 Å². The molecule has 0 saturated carbocycles. The molecule has 2 aromatic carbocycles. The third-order valence-electron chi connectivity index (χ3n) is 2.81. The van der Waals surface area contributed by atoms with E-state index >= 15 is 0 Å². The van der Waals surface area contributed by atoms with Gasteiger partial charge in [-0.3, -0.25) is 9.98 Å². The van der Waals surface area contributed by atoms with Gasteiger partial charge in [-0.15, -0.1) is 0 Å². The van der Waals surface area contributed by atoms with Gasteiger partial charge in [-0.1, -0.05) is 53.5 Å². The molecule has 0 aliphatic heterocycles. The van der Waals surface area contributed by atoms with E-state index in [-0.39, 0.29) is 0 Å². The second kappa shape index (κ2) is 8.47. The van der Waals surface area contributed by atoms with Crippen LogP contribution in [0.1, 0.15) is 11.1 Å². The summed E-state index contributed by atoms with van der Waals surface area (Å²) >= 11 is 11.8. The summed E-state index contributed by atoms with van der Waals surface area (Å²) in [6.45, 7) is 0.631. The van der Waals surface area contributed by atoms with E-state index in [1.165, 1.54) is 0 Å². The van der Waals surface area contributed by atoms with Crippen LogP contribution in [0.25, 0.3) is 0 Å². The second-order valence-electron chi connectivity index (χ2n) is 4.62. The van der Waals surface area contributed by atoms with Crippen LogP contribution in [-0.4, -0.2) is 31.2 Å². The van der Waals surface area contributed by atoms with Crippen LogP contribution in [0.15, 0.2) is 58.5 Å². The predicted molar refractivity (Wildman–Crippen MR) is 95.6 cm³/mol. The number of nitrogens with zero attached hydrogens (tertiary/aromatic N) is 2. The standard InChI is InChI=1S/C17H15Cl2N3/c18-15-7-5-13(6-8-15)9-21-11-16(20)12-22-10-14-3-1-2-4-17(14)19/h1-10,20H,11-12H2. The third-order valence-corrected chi connectivity index (χ3v) is 3.41. The van der Waals surface area contributed by atoms with Crippen molar-refractivity contribution in [2.45, 2.75) is 0 Å². The molecular weight excluding hydrogens is 317 g/mol. The van der Waals surface area contributed by atoms with E-state index in [2.05, 4.69) is 9.98 Å². The highest BCUT2D eigenvalue weighted by Gasteiger charge is 1.96. The Labute approximate surface area is 139 Å². The number of nitrogens with one attached hydrogen (secondary N) is 1. The molecule has 112 valence electrons. The van der Waals surface area contributed by atoms with Crippen LogP contribution in [0.2, 0.25) is 10.0 Å². The number of rotatable bonds is 6. The van der Waals surface area contributed by atoms with Crippen LogP contribution < -0.4 is 0 Å². The van der Waals surface area contributed by atoms with Gasteiger partial charge >= 0.3 is 0 Å². The van der Waals surface area contributed by atoms with Crippen LogP contribution in [0, 0.1) is 5.41 Å². The summed E-state index contributed by atoms with van der Waals surface area (Å²) in [5.41, 5.74) is 2.24. The zero-order chi connectivity index (χ0) is 15.8. The Hall–Kier alpha value is -1.97. The first-order valence-corrected chi connectivity index (χ1v) is 7.47. The minimum absolute atomic E-state index is 0.309. The maximum atomic E-state index is 7.83. The summed E-state index contributed by atoms with van der Waals surface area (Å²) < 4.78 is 0. The molecule has 0 aliphatic carbocycles. The Kier molecular flexibility index (Phi) is 6.31. The van der Waals surface area contributed by atoms with Crippen LogP contribution in [0.4, 0.5) is 0 Å². The van der Waals surface area contributed by atoms with E-state index in [1.807, 2.05) is 48.5 Å². The topological polar surface area (TPSA) is 48.6 Å². The van der Waals surface area contributed by atoms with Crippen molar-refractivity contribution < 1.29 is 0 Å². The van der Waals surface area contributed by atoms with Crippen molar-refractivity contribution in [1.82, 2.24) is 0 Å². The van der Waals surface area contributed by atoms with E-state index in [0.29, 0.717) is 28.8 Å². The van der Waals surface area contributed by atoms with Crippen molar-refractivity contribution in [3.05, 3.63) is 69.7 Å². The van der Waals surface area contributed by atoms with Crippen molar-refractivity contribution in [3.8, 4) is 0 Å². The molecule has 3 nitrogen and oxygen atoms in total. The van der Waals surface area contributed by atoms with Crippen molar-refractivity contribution >= 4 is 41.3 Å². The van der Waals surface area contributed by atoms with Gasteiger partial charge in [0.05, 0.1) is 18.8 Å². The van der Waals surface area contributed by atoms with Crippen LogP contribution in [0.3, 0.4) is 0 Å². The van der Waals surface area contributed by atoms with Crippen LogP contribution in [-0.2, 0) is 0 Å². The fraction of sp³-hybridized carbons (Fsp3) is 0.118. The monoisotopic (exact) mass is 331 g/mol. The first-order chi connectivity index (χ1) is 10.6. The molecule has 2 rings (SSSR count). The molecule has 1 N–H and O–H groups in total. The molecule has 0 saturated heterocycles. The SMILES string of the molecule is N=C(CN=Cc1ccc(Cl)cc1)CN=Cc1ccccc1Cl. The molecule has 0 spiro atoms. The summed E-state index contributed by atoms with van der Waals surface area (Å²) in [4.78, 5) is 8.44. The molecule has 0 heterocycles. The minimum Gasteiger partial charge on any atom is -0.306 e. The van der Waals surface area contributed by atoms with E-state index < -0.39 is 0 Å². The molecule has 0 fully saturated rings. The van der Waals surface area contributed by atoms with Crippen molar-refractivity contribution in [3.63, 3.8) is 0 Å². The maximum Gasteiger partial charge on any atom is 0.0784 e. The summed E-state index contributed by atoms with van der Waals surface area (Å²) in [6.07, 6.45) is 3.41. The van der Waals surface area contributed by atoms with E-state index in [0.717, 1.165) is 11.1 Å². The van der Waals surface area contributed by atoms with E-state index in [1.54, 1.807) is 12.4 Å². The molecule has 0 aromatic heterocycles.